The Balaban J connectivity index is 1.66. The van der Waals surface area contributed by atoms with Crippen molar-refractivity contribution < 1.29 is 9.59 Å². The van der Waals surface area contributed by atoms with E-state index in [0.29, 0.717) is 20.8 Å². The van der Waals surface area contributed by atoms with Gasteiger partial charge in [0.25, 0.3) is 0 Å². The molecule has 0 aliphatic carbocycles. The van der Waals surface area contributed by atoms with Gasteiger partial charge in [0.1, 0.15) is 11.0 Å². The van der Waals surface area contributed by atoms with Crippen molar-refractivity contribution in [1.82, 2.24) is 15.5 Å². The van der Waals surface area contributed by atoms with Gasteiger partial charge in [-0.1, -0.05) is 84.3 Å². The lowest BCUT2D eigenvalue weighted by atomic mass is 10.0. The number of hydrogen-bond donors (Lipinski definition) is 3. The number of aromatic nitrogens is 2. The topological polar surface area (TPSA) is 96.0 Å². The predicted octanol–water partition coefficient (Wildman–Crippen LogP) is 5.61. The van der Waals surface area contributed by atoms with E-state index < -0.39 is 18.0 Å². The van der Waals surface area contributed by atoms with Crippen molar-refractivity contribution in [2.24, 2.45) is 5.92 Å². The Morgan fingerprint density at radius 3 is 2.39 bits per heavy atom. The summed E-state index contributed by atoms with van der Waals surface area (Å²) in [7, 11) is 0. The summed E-state index contributed by atoms with van der Waals surface area (Å²) in [5.41, 5.74) is 2.41. The summed E-state index contributed by atoms with van der Waals surface area (Å²) >= 11 is 13.3. The molecule has 1 aromatic heterocycles. The molecule has 162 valence electrons. The van der Waals surface area contributed by atoms with E-state index >= 15 is 0 Å². The van der Waals surface area contributed by atoms with E-state index in [1.54, 1.807) is 18.2 Å². The van der Waals surface area contributed by atoms with Gasteiger partial charge in [0, 0.05) is 5.56 Å². The summed E-state index contributed by atoms with van der Waals surface area (Å²) in [6.07, 6.45) is 0. The van der Waals surface area contributed by atoms with E-state index in [-0.39, 0.29) is 10.9 Å². The number of carbonyl (C=O) groups excluding carboxylic acids is 2. The molecule has 1 heterocycles. The van der Waals surface area contributed by atoms with Gasteiger partial charge in [-0.2, -0.15) is 0 Å². The molecule has 0 fully saturated rings. The Hall–Kier alpha value is -2.68. The van der Waals surface area contributed by atoms with Crippen LogP contribution in [0.4, 0.5) is 15.6 Å². The Bertz CT molecular complexity index is 1090. The Kier molecular flexibility index (Phi) is 7.48. The van der Waals surface area contributed by atoms with Crippen LogP contribution in [0.25, 0.3) is 10.6 Å². The number of rotatable bonds is 6. The summed E-state index contributed by atoms with van der Waals surface area (Å²) in [6, 6.07) is 11.4. The molecule has 0 radical (unpaired) electrons. The maximum absolute atomic E-state index is 12.8. The molecule has 0 spiro atoms. The molecule has 3 rings (SSSR count). The van der Waals surface area contributed by atoms with E-state index in [0.717, 1.165) is 11.1 Å². The van der Waals surface area contributed by atoms with Crippen LogP contribution in [0.15, 0.2) is 42.5 Å². The van der Waals surface area contributed by atoms with E-state index in [1.807, 2.05) is 45.0 Å². The van der Waals surface area contributed by atoms with Gasteiger partial charge in [-0.25, -0.2) is 4.79 Å². The van der Waals surface area contributed by atoms with Crippen molar-refractivity contribution in [3.8, 4) is 10.6 Å². The second kappa shape index (κ2) is 10.1. The molecule has 3 aromatic rings. The SMILES string of the molecule is Cc1ccc(-c2nnc(NC(=O)C(NC(=O)Nc3cccc(Cl)c3Cl)C(C)C)s2)cc1. The van der Waals surface area contributed by atoms with E-state index in [1.165, 1.54) is 11.3 Å². The van der Waals surface area contributed by atoms with Gasteiger partial charge in [-0.3, -0.25) is 10.1 Å². The summed E-state index contributed by atoms with van der Waals surface area (Å²) in [5.74, 6) is -0.570. The summed E-state index contributed by atoms with van der Waals surface area (Å²) in [5, 5.41) is 17.8. The van der Waals surface area contributed by atoms with Crippen LogP contribution >= 0.6 is 34.5 Å². The average Bonchev–Trinajstić information content (AvgIpc) is 3.18. The van der Waals surface area contributed by atoms with E-state index in [9.17, 15) is 9.59 Å². The molecule has 7 nitrogen and oxygen atoms in total. The fourth-order valence-electron chi connectivity index (χ4n) is 2.70. The summed E-state index contributed by atoms with van der Waals surface area (Å²) < 4.78 is 0. The lowest BCUT2D eigenvalue weighted by molar-refractivity contribution is -0.118. The number of aryl methyl sites for hydroxylation is 1. The number of anilines is 2. The third kappa shape index (κ3) is 5.94. The van der Waals surface area contributed by atoms with Crippen molar-refractivity contribution in [1.29, 1.82) is 0 Å². The van der Waals surface area contributed by atoms with Crippen LogP contribution in [0.1, 0.15) is 19.4 Å². The molecule has 0 aliphatic heterocycles. The van der Waals surface area contributed by atoms with Crippen LogP contribution < -0.4 is 16.0 Å². The van der Waals surface area contributed by atoms with Gasteiger partial charge in [0.2, 0.25) is 11.0 Å². The number of benzene rings is 2. The predicted molar refractivity (Wildman–Crippen MR) is 126 cm³/mol. The largest absolute Gasteiger partial charge is 0.326 e. The zero-order chi connectivity index (χ0) is 22.5. The van der Waals surface area contributed by atoms with Crippen molar-refractivity contribution in [2.75, 3.05) is 10.6 Å². The Labute approximate surface area is 194 Å². The van der Waals surface area contributed by atoms with Crippen molar-refractivity contribution in [3.05, 3.63) is 58.1 Å². The molecule has 0 saturated carbocycles. The quantitative estimate of drug-likeness (QED) is 0.430. The number of halogens is 2. The molecule has 31 heavy (non-hydrogen) atoms. The second-order valence-corrected chi connectivity index (χ2v) is 8.95. The van der Waals surface area contributed by atoms with Gasteiger partial charge < -0.3 is 10.6 Å². The first kappa shape index (κ1) is 23.0. The van der Waals surface area contributed by atoms with Crippen molar-refractivity contribution in [2.45, 2.75) is 26.8 Å². The lowest BCUT2D eigenvalue weighted by Gasteiger charge is -2.21. The standard InChI is InChI=1S/C21H21Cl2N5O2S/c1-11(2)17(25-20(30)24-15-6-4-5-14(22)16(15)23)18(29)26-21-28-27-19(31-21)13-9-7-12(3)8-10-13/h4-11,17H,1-3H3,(H2,24,25,30)(H,26,28,29). The van der Waals surface area contributed by atoms with Crippen LogP contribution in [0.2, 0.25) is 10.0 Å². The number of nitrogens with one attached hydrogen (secondary N) is 3. The average molecular weight is 478 g/mol. The molecule has 0 bridgehead atoms. The number of nitrogens with zero attached hydrogens (tertiary/aromatic N) is 2. The summed E-state index contributed by atoms with van der Waals surface area (Å²) in [6.45, 7) is 5.66. The highest BCUT2D eigenvalue weighted by Crippen LogP contribution is 2.29. The fraction of sp³-hybridized carbons (Fsp3) is 0.238. The van der Waals surface area contributed by atoms with Gasteiger partial charge in [-0.15, -0.1) is 10.2 Å². The van der Waals surface area contributed by atoms with E-state index in [4.69, 9.17) is 23.2 Å². The van der Waals surface area contributed by atoms with E-state index in [2.05, 4.69) is 26.1 Å². The summed E-state index contributed by atoms with van der Waals surface area (Å²) in [4.78, 5) is 25.2. The normalized spacial score (nSPS) is 11.8. The zero-order valence-corrected chi connectivity index (χ0v) is 19.4. The molecule has 0 saturated heterocycles. The van der Waals surface area contributed by atoms with Gasteiger partial charge >= 0.3 is 6.03 Å². The van der Waals surface area contributed by atoms with Crippen LogP contribution in [0, 0.1) is 12.8 Å². The minimum Gasteiger partial charge on any atom is -0.326 e. The fourth-order valence-corrected chi connectivity index (χ4v) is 3.80. The first-order valence-electron chi connectivity index (χ1n) is 9.47. The van der Waals surface area contributed by atoms with Crippen molar-refractivity contribution >= 4 is 57.3 Å². The first-order chi connectivity index (χ1) is 14.7. The smallest absolute Gasteiger partial charge is 0.319 e. The first-order valence-corrected chi connectivity index (χ1v) is 11.0. The molecule has 1 atom stereocenters. The minimum atomic E-state index is -0.801. The van der Waals surface area contributed by atoms with Gasteiger partial charge in [0.05, 0.1) is 15.7 Å². The minimum absolute atomic E-state index is 0.176. The molecular weight excluding hydrogens is 457 g/mol. The Morgan fingerprint density at radius 1 is 1.00 bits per heavy atom. The van der Waals surface area contributed by atoms with Crippen LogP contribution in [-0.2, 0) is 4.79 Å². The number of hydrogen-bond acceptors (Lipinski definition) is 5. The molecule has 10 heteroatoms. The highest BCUT2D eigenvalue weighted by Gasteiger charge is 2.25. The maximum atomic E-state index is 12.8. The molecule has 1 unspecified atom stereocenters. The molecular formula is C21H21Cl2N5O2S. The third-order valence-electron chi connectivity index (χ3n) is 4.39. The molecule has 2 aromatic carbocycles. The molecule has 3 amide bonds. The van der Waals surface area contributed by atoms with Crippen molar-refractivity contribution in [3.63, 3.8) is 0 Å². The molecule has 3 N–H and O–H groups in total. The van der Waals surface area contributed by atoms with Gasteiger partial charge in [-0.05, 0) is 25.0 Å². The second-order valence-electron chi connectivity index (χ2n) is 7.19. The third-order valence-corrected chi connectivity index (χ3v) is 6.10. The number of carbonyl (C=O) groups is 2. The van der Waals surface area contributed by atoms with Crippen LogP contribution in [0.3, 0.4) is 0 Å². The molecule has 0 aliphatic rings. The monoisotopic (exact) mass is 477 g/mol. The number of urea groups is 1. The Morgan fingerprint density at radius 2 is 1.71 bits per heavy atom. The van der Waals surface area contributed by atoms with Crippen LogP contribution in [0.5, 0.6) is 0 Å². The zero-order valence-electron chi connectivity index (χ0n) is 17.1. The lowest BCUT2D eigenvalue weighted by Crippen LogP contribution is -2.48. The highest BCUT2D eigenvalue weighted by molar-refractivity contribution is 7.18. The van der Waals surface area contributed by atoms with Crippen LogP contribution in [-0.4, -0.2) is 28.2 Å². The maximum Gasteiger partial charge on any atom is 0.319 e. The highest BCUT2D eigenvalue weighted by atomic mass is 35.5. The van der Waals surface area contributed by atoms with Gasteiger partial charge in [0.15, 0.2) is 0 Å². The number of amides is 3.